The lowest BCUT2D eigenvalue weighted by molar-refractivity contribution is -0.119. The molecule has 190 valence electrons. The minimum atomic E-state index is -2.18. The predicted molar refractivity (Wildman–Crippen MR) is 135 cm³/mol. The van der Waals surface area contributed by atoms with Crippen molar-refractivity contribution in [3.05, 3.63) is 48.7 Å². The molecule has 3 saturated heterocycles. The number of benzene rings is 1. The summed E-state index contributed by atoms with van der Waals surface area (Å²) < 4.78 is 24.7. The van der Waals surface area contributed by atoms with Crippen molar-refractivity contribution in [1.29, 1.82) is 0 Å². The van der Waals surface area contributed by atoms with E-state index in [4.69, 9.17) is 0 Å². The van der Waals surface area contributed by atoms with Crippen molar-refractivity contribution in [1.82, 2.24) is 14.7 Å². The number of rotatable bonds is 5. The van der Waals surface area contributed by atoms with Gasteiger partial charge < -0.3 is 14.7 Å². The van der Waals surface area contributed by atoms with E-state index in [1.165, 1.54) is 44.2 Å². The van der Waals surface area contributed by atoms with Crippen molar-refractivity contribution >= 4 is 6.41 Å². The summed E-state index contributed by atoms with van der Waals surface area (Å²) in [6.07, 6.45) is 10.7. The molecule has 1 aliphatic carbocycles. The lowest BCUT2D eigenvalue weighted by Crippen LogP contribution is -2.41. The summed E-state index contributed by atoms with van der Waals surface area (Å²) in [6.45, 7) is 6.85. The third kappa shape index (κ3) is 7.79. The summed E-state index contributed by atoms with van der Waals surface area (Å²) in [5.41, 5.74) is 1.66. The lowest BCUT2D eigenvalue weighted by Gasteiger charge is -2.37. The van der Waals surface area contributed by atoms with Gasteiger partial charge in [0.05, 0.1) is 0 Å². The normalized spacial score (nSPS) is 25.1. The number of fused-ring (bicyclic) bond motifs is 1. The number of carbonyl (C=O) groups excluding carboxylic acids is 1. The van der Waals surface area contributed by atoms with Crippen LogP contribution in [-0.4, -0.2) is 71.8 Å². The Balaban J connectivity index is 0.000000175. The second kappa shape index (κ2) is 13.2. The Hall–Kier alpha value is -1.95. The fourth-order valence-electron chi connectivity index (χ4n) is 5.69. The number of hydrogen-bond acceptors (Lipinski definition) is 3. The maximum absolute atomic E-state index is 12.3. The third-order valence-corrected chi connectivity index (χ3v) is 7.93. The van der Waals surface area contributed by atoms with Crippen LogP contribution in [-0.2, 0) is 4.79 Å². The zero-order chi connectivity index (χ0) is 24.4. The molecule has 5 rings (SSSR count). The van der Waals surface area contributed by atoms with Crippen molar-refractivity contribution in [3.63, 3.8) is 0 Å². The second-order valence-corrected chi connectivity index (χ2v) is 10.3. The van der Waals surface area contributed by atoms with E-state index in [1.54, 1.807) is 0 Å². The Morgan fingerprint density at radius 1 is 1.06 bits per heavy atom. The van der Waals surface area contributed by atoms with Crippen LogP contribution in [0, 0.1) is 0 Å². The summed E-state index contributed by atoms with van der Waals surface area (Å²) >= 11 is 0. The zero-order valence-electron chi connectivity index (χ0n) is 20.9. The van der Waals surface area contributed by atoms with Crippen molar-refractivity contribution in [2.24, 2.45) is 0 Å². The van der Waals surface area contributed by atoms with Crippen molar-refractivity contribution in [2.45, 2.75) is 94.7 Å². The molecule has 1 amide bonds. The average molecular weight is 476 g/mol. The number of hydrogen-bond donors (Lipinski definition) is 0. The molecular formula is C28H43F2N3O. The number of halogens is 2. The molecule has 2 atom stereocenters. The Labute approximate surface area is 205 Å². The van der Waals surface area contributed by atoms with Gasteiger partial charge in [0.15, 0.2) is 0 Å². The molecule has 1 saturated carbocycles. The Morgan fingerprint density at radius 3 is 2.29 bits per heavy atom. The van der Waals surface area contributed by atoms with Crippen LogP contribution in [0.4, 0.5) is 8.78 Å². The molecule has 1 aromatic carbocycles. The summed E-state index contributed by atoms with van der Waals surface area (Å²) in [5, 5.41) is 0. The Bertz CT molecular complexity index is 714. The molecule has 1 spiro atoms. The highest BCUT2D eigenvalue weighted by molar-refractivity contribution is 5.51. The minimum Gasteiger partial charge on any atom is -0.372 e. The van der Waals surface area contributed by atoms with E-state index in [-0.39, 0.29) is 6.42 Å². The lowest BCUT2D eigenvalue weighted by atomic mass is 9.95. The summed E-state index contributed by atoms with van der Waals surface area (Å²) in [7, 11) is 2.00. The van der Waals surface area contributed by atoms with Crippen molar-refractivity contribution in [2.75, 3.05) is 26.7 Å². The van der Waals surface area contributed by atoms with E-state index < -0.39 is 6.43 Å². The van der Waals surface area contributed by atoms with E-state index in [2.05, 4.69) is 16.4 Å². The smallest absolute Gasteiger partial charge is 0.239 e. The molecular weight excluding hydrogens is 432 g/mol. The van der Waals surface area contributed by atoms with Gasteiger partial charge >= 0.3 is 0 Å². The molecule has 4 nitrogen and oxygen atoms in total. The highest BCUT2D eigenvalue weighted by Gasteiger charge is 2.50. The highest BCUT2D eigenvalue weighted by Crippen LogP contribution is 2.48. The molecule has 3 heterocycles. The van der Waals surface area contributed by atoms with Gasteiger partial charge in [-0.3, -0.25) is 4.79 Å². The maximum Gasteiger partial charge on any atom is 0.239 e. The van der Waals surface area contributed by atoms with Gasteiger partial charge in [0.1, 0.15) is 0 Å². The molecule has 0 aromatic heterocycles. The van der Waals surface area contributed by atoms with Gasteiger partial charge in [0.25, 0.3) is 0 Å². The molecule has 0 bridgehead atoms. The van der Waals surface area contributed by atoms with Crippen molar-refractivity contribution in [3.8, 4) is 0 Å². The zero-order valence-corrected chi connectivity index (χ0v) is 20.9. The molecule has 1 unspecified atom stereocenters. The van der Waals surface area contributed by atoms with Gasteiger partial charge in [-0.15, -0.1) is 0 Å². The monoisotopic (exact) mass is 475 g/mol. The Kier molecular flexibility index (Phi) is 10.4. The predicted octanol–water partition coefficient (Wildman–Crippen LogP) is 5.95. The van der Waals surface area contributed by atoms with Gasteiger partial charge in [-0.1, -0.05) is 43.0 Å². The number of amides is 1. The number of allylic oxidation sites excluding steroid dienone is 1. The van der Waals surface area contributed by atoms with Crippen LogP contribution < -0.4 is 0 Å². The van der Waals surface area contributed by atoms with Gasteiger partial charge in [-0.25, -0.2) is 8.78 Å². The number of likely N-dealkylation sites (tertiary alicyclic amines) is 1. The molecule has 1 aromatic rings. The largest absolute Gasteiger partial charge is 0.372 e. The van der Waals surface area contributed by atoms with Crippen LogP contribution in [0.25, 0.3) is 0 Å². The first-order chi connectivity index (χ1) is 16.4. The molecule has 34 heavy (non-hydrogen) atoms. The van der Waals surface area contributed by atoms with E-state index in [9.17, 15) is 13.6 Å². The van der Waals surface area contributed by atoms with Gasteiger partial charge in [-0.05, 0) is 71.3 Å². The summed E-state index contributed by atoms with van der Waals surface area (Å²) in [4.78, 5) is 17.0. The van der Waals surface area contributed by atoms with E-state index in [0.717, 1.165) is 45.2 Å². The highest BCUT2D eigenvalue weighted by atomic mass is 19.3. The first-order valence-electron chi connectivity index (χ1n) is 13.1. The average Bonchev–Trinajstić information content (AvgIpc) is 3.28. The Morgan fingerprint density at radius 2 is 1.74 bits per heavy atom. The van der Waals surface area contributed by atoms with Crippen LogP contribution in [0.15, 0.2) is 48.7 Å². The molecule has 3 aliphatic heterocycles. The molecule has 4 aliphatic rings. The topological polar surface area (TPSA) is 26.8 Å². The van der Waals surface area contributed by atoms with Crippen LogP contribution in [0.3, 0.4) is 0 Å². The summed E-state index contributed by atoms with van der Waals surface area (Å²) in [5.74, 6) is 0. The standard InChI is InChI=1S/C15H26F2N2.C7H11NO.C6H6/c1-12-5-3-6-13(18(2)10-8-15(16)17)11-14-7-4-9-19(12)14;9-6-8-5-1-2-7(8)3-4-7;1-2-4-6-5-3-1/h13-15H,1,3-11H2,2H3;6H,1-5H2;1-6H/t13?,14-;;/m1../s1. The SMILES string of the molecule is C=C1CCCC(N(C)CCC(F)F)C[C@H]2CCCN12.O=CN1CCCC12CC2.c1ccccc1. The number of carbonyl (C=O) groups is 1. The maximum atomic E-state index is 12.3. The van der Waals surface area contributed by atoms with Gasteiger partial charge in [-0.2, -0.15) is 0 Å². The van der Waals surface area contributed by atoms with Crippen LogP contribution in [0.1, 0.15) is 70.6 Å². The van der Waals surface area contributed by atoms with E-state index in [1.807, 2.05) is 48.3 Å². The van der Waals surface area contributed by atoms with Crippen LogP contribution >= 0.6 is 0 Å². The fraction of sp³-hybridized carbons (Fsp3) is 0.679. The number of nitrogens with zero attached hydrogens (tertiary/aromatic N) is 3. The van der Waals surface area contributed by atoms with Crippen LogP contribution in [0.2, 0.25) is 0 Å². The van der Waals surface area contributed by atoms with Gasteiger partial charge in [0.2, 0.25) is 12.8 Å². The van der Waals surface area contributed by atoms with E-state index >= 15 is 0 Å². The fourth-order valence-corrected chi connectivity index (χ4v) is 5.69. The first-order valence-corrected chi connectivity index (χ1v) is 13.1. The van der Waals surface area contributed by atoms with Crippen LogP contribution in [0.5, 0.6) is 0 Å². The first kappa shape index (κ1) is 26.7. The van der Waals surface area contributed by atoms with Crippen molar-refractivity contribution < 1.29 is 13.6 Å². The second-order valence-electron chi connectivity index (χ2n) is 10.3. The number of alkyl halides is 2. The molecule has 4 fully saturated rings. The van der Waals surface area contributed by atoms with E-state index in [0.29, 0.717) is 24.2 Å². The minimum absolute atomic E-state index is 0.00586. The molecule has 6 heteroatoms. The summed E-state index contributed by atoms with van der Waals surface area (Å²) in [6, 6.07) is 13.0. The quantitative estimate of drug-likeness (QED) is 0.492. The molecule has 0 radical (unpaired) electrons. The third-order valence-electron chi connectivity index (χ3n) is 7.93. The van der Waals surface area contributed by atoms with Gasteiger partial charge in [0, 0.05) is 49.4 Å². The molecule has 0 N–H and O–H groups in total.